The number of benzene rings is 1. The van der Waals surface area contributed by atoms with Gasteiger partial charge in [-0.15, -0.1) is 0 Å². The minimum atomic E-state index is -4.43. The summed E-state index contributed by atoms with van der Waals surface area (Å²) in [5.41, 5.74) is 0.673. The minimum absolute atomic E-state index is 0.208. The molecule has 7 nitrogen and oxygen atoms in total. The summed E-state index contributed by atoms with van der Waals surface area (Å²) < 4.78 is 12.6. The fourth-order valence-electron chi connectivity index (χ4n) is 2.02. The molecular weight excluding hydrogens is 285 g/mol. The summed E-state index contributed by atoms with van der Waals surface area (Å²) in [7, 11) is -4.43. The number of Topliss-reactive ketones (excluding diaryl/α,β-unsaturated/α-hetero) is 1. The second kappa shape index (κ2) is 4.86. The first-order valence-electron chi connectivity index (χ1n) is 5.62. The van der Waals surface area contributed by atoms with Crippen molar-refractivity contribution in [2.45, 2.75) is 13.5 Å². The number of hydrogen-bond donors (Lipinski definition) is 3. The van der Waals surface area contributed by atoms with Gasteiger partial charge in [-0.05, 0) is 25.1 Å². The molecule has 0 aliphatic heterocycles. The van der Waals surface area contributed by atoms with Gasteiger partial charge in [-0.1, -0.05) is 0 Å². The summed E-state index contributed by atoms with van der Waals surface area (Å²) in [5, 5.41) is 8.95. The summed E-state index contributed by atoms with van der Waals surface area (Å²) in [6.07, 6.45) is 1.38. The van der Waals surface area contributed by atoms with Gasteiger partial charge in [0.1, 0.15) is 6.54 Å². The Morgan fingerprint density at radius 1 is 1.30 bits per heavy atom. The number of aromatic nitrogens is 1. The van der Waals surface area contributed by atoms with Crippen LogP contribution in [0.15, 0.2) is 24.4 Å². The summed E-state index contributed by atoms with van der Waals surface area (Å²) in [6, 6.07) is 3.86. The van der Waals surface area contributed by atoms with Crippen molar-refractivity contribution in [2.75, 3.05) is 0 Å². The lowest BCUT2D eigenvalue weighted by Crippen LogP contribution is -2.08. The van der Waals surface area contributed by atoms with Crippen LogP contribution in [0.25, 0.3) is 10.9 Å². The number of ketones is 1. The van der Waals surface area contributed by atoms with Gasteiger partial charge < -0.3 is 19.5 Å². The van der Waals surface area contributed by atoms with Crippen molar-refractivity contribution in [1.82, 2.24) is 4.57 Å². The van der Waals surface area contributed by atoms with Gasteiger partial charge in [0.25, 0.3) is 0 Å². The maximum atomic E-state index is 11.6. The van der Waals surface area contributed by atoms with Crippen LogP contribution < -0.4 is 5.30 Å². The van der Waals surface area contributed by atoms with Crippen LogP contribution in [-0.2, 0) is 15.9 Å². The van der Waals surface area contributed by atoms with E-state index >= 15 is 0 Å². The van der Waals surface area contributed by atoms with E-state index in [1.165, 1.54) is 35.9 Å². The van der Waals surface area contributed by atoms with Crippen LogP contribution in [0.1, 0.15) is 17.3 Å². The predicted octanol–water partition coefficient (Wildman–Crippen LogP) is 0.731. The Labute approximate surface area is 113 Å². The first-order valence-corrected chi connectivity index (χ1v) is 7.23. The zero-order valence-electron chi connectivity index (χ0n) is 10.5. The topological polar surface area (TPSA) is 117 Å². The van der Waals surface area contributed by atoms with Crippen LogP contribution in [0.3, 0.4) is 0 Å². The summed E-state index contributed by atoms with van der Waals surface area (Å²) in [4.78, 5) is 40.7. The number of hydrogen-bond acceptors (Lipinski definition) is 3. The summed E-state index contributed by atoms with van der Waals surface area (Å²) in [5.74, 6) is -1.38. The van der Waals surface area contributed by atoms with Crippen LogP contribution >= 0.6 is 7.60 Å². The van der Waals surface area contributed by atoms with E-state index in [-0.39, 0.29) is 23.2 Å². The Hall–Kier alpha value is -1.95. The van der Waals surface area contributed by atoms with Gasteiger partial charge >= 0.3 is 13.6 Å². The van der Waals surface area contributed by atoms with E-state index in [9.17, 15) is 14.2 Å². The fourth-order valence-corrected chi connectivity index (χ4v) is 2.59. The van der Waals surface area contributed by atoms with E-state index in [0.29, 0.717) is 10.9 Å². The Morgan fingerprint density at radius 2 is 1.95 bits per heavy atom. The van der Waals surface area contributed by atoms with Crippen molar-refractivity contribution in [3.63, 3.8) is 0 Å². The molecule has 1 aromatic heterocycles. The van der Waals surface area contributed by atoms with Crippen molar-refractivity contribution >= 4 is 35.6 Å². The molecule has 0 saturated carbocycles. The maximum absolute atomic E-state index is 11.6. The number of fused-ring (bicyclic) bond motifs is 1. The third kappa shape index (κ3) is 2.65. The summed E-state index contributed by atoms with van der Waals surface area (Å²) >= 11 is 0. The van der Waals surface area contributed by atoms with Crippen LogP contribution in [-0.4, -0.2) is 31.2 Å². The van der Waals surface area contributed by atoms with Crippen molar-refractivity contribution in [1.29, 1.82) is 0 Å². The minimum Gasteiger partial charge on any atom is -0.480 e. The van der Waals surface area contributed by atoms with Crippen LogP contribution in [0.4, 0.5) is 0 Å². The molecule has 2 aromatic rings. The van der Waals surface area contributed by atoms with Crippen molar-refractivity contribution in [3.8, 4) is 0 Å². The van der Waals surface area contributed by atoms with Crippen molar-refractivity contribution in [3.05, 3.63) is 30.0 Å². The van der Waals surface area contributed by atoms with E-state index in [1.54, 1.807) is 0 Å². The molecule has 2 rings (SSSR count). The highest BCUT2D eigenvalue weighted by Gasteiger charge is 2.20. The lowest BCUT2D eigenvalue weighted by Gasteiger charge is -2.05. The number of carbonyl (C=O) groups is 2. The molecule has 0 saturated heterocycles. The van der Waals surface area contributed by atoms with Gasteiger partial charge in [-0.3, -0.25) is 14.2 Å². The second-order valence-electron chi connectivity index (χ2n) is 4.37. The molecule has 0 bridgehead atoms. The van der Waals surface area contributed by atoms with Gasteiger partial charge in [0, 0.05) is 22.7 Å². The molecule has 0 aliphatic carbocycles. The van der Waals surface area contributed by atoms with Crippen molar-refractivity contribution < 1.29 is 29.0 Å². The third-order valence-electron chi connectivity index (χ3n) is 2.89. The van der Waals surface area contributed by atoms with Gasteiger partial charge in [0.05, 0.1) is 5.30 Å². The maximum Gasteiger partial charge on any atom is 0.356 e. The molecule has 20 heavy (non-hydrogen) atoms. The van der Waals surface area contributed by atoms with Gasteiger partial charge in [-0.2, -0.15) is 0 Å². The highest BCUT2D eigenvalue weighted by Crippen LogP contribution is 2.35. The molecule has 0 atom stereocenters. The summed E-state index contributed by atoms with van der Waals surface area (Å²) in [6.45, 7) is 0.975. The molecule has 0 unspecified atom stereocenters. The number of rotatable bonds is 4. The van der Waals surface area contributed by atoms with Gasteiger partial charge in [-0.25, -0.2) is 0 Å². The number of carboxylic acid groups (broad SMARTS) is 1. The molecule has 1 heterocycles. The van der Waals surface area contributed by atoms with E-state index in [4.69, 9.17) is 14.9 Å². The molecular formula is C12H12NO6P. The molecule has 1 aromatic carbocycles. The molecule has 0 amide bonds. The van der Waals surface area contributed by atoms with Crippen LogP contribution in [0.5, 0.6) is 0 Å². The first-order chi connectivity index (χ1) is 9.20. The molecule has 0 spiro atoms. The number of carboxylic acids is 1. The average molecular weight is 297 g/mol. The number of carbonyl (C=O) groups excluding carboxylic acids is 1. The normalized spacial score (nSPS) is 11.8. The smallest absolute Gasteiger partial charge is 0.356 e. The molecule has 106 valence electrons. The monoisotopic (exact) mass is 297 g/mol. The molecule has 0 fully saturated rings. The van der Waals surface area contributed by atoms with Crippen LogP contribution in [0, 0.1) is 0 Å². The lowest BCUT2D eigenvalue weighted by atomic mass is 10.1. The Balaban J connectivity index is 2.73. The lowest BCUT2D eigenvalue weighted by molar-refractivity contribution is -0.137. The van der Waals surface area contributed by atoms with Crippen molar-refractivity contribution in [2.24, 2.45) is 0 Å². The standard InChI is InChI=1S/C12H12NO6P/c1-7(14)10-5-13(6-12(15)16)11-3-2-8(4-9(10)11)20(17,18)19/h2-5H,6H2,1H3,(H,15,16)(H2,17,18,19). The number of aliphatic carboxylic acids is 1. The second-order valence-corrected chi connectivity index (χ2v) is 5.97. The average Bonchev–Trinajstić information content (AvgIpc) is 2.66. The first kappa shape index (κ1) is 14.5. The zero-order chi connectivity index (χ0) is 15.1. The Kier molecular flexibility index (Phi) is 3.52. The fraction of sp³-hybridized carbons (Fsp3) is 0.167. The predicted molar refractivity (Wildman–Crippen MR) is 71.3 cm³/mol. The van der Waals surface area contributed by atoms with E-state index in [0.717, 1.165) is 0 Å². The van der Waals surface area contributed by atoms with E-state index in [1.807, 2.05) is 0 Å². The van der Waals surface area contributed by atoms with Crippen LogP contribution in [0.2, 0.25) is 0 Å². The van der Waals surface area contributed by atoms with Gasteiger partial charge in [0.15, 0.2) is 5.78 Å². The van der Waals surface area contributed by atoms with E-state index < -0.39 is 13.6 Å². The SMILES string of the molecule is CC(=O)c1cn(CC(=O)O)c2ccc(P(=O)(O)O)cc12. The molecule has 3 N–H and O–H groups in total. The Morgan fingerprint density at radius 3 is 2.45 bits per heavy atom. The highest BCUT2D eigenvalue weighted by molar-refractivity contribution is 7.60. The van der Waals surface area contributed by atoms with Gasteiger partial charge in [0.2, 0.25) is 0 Å². The number of nitrogens with zero attached hydrogens (tertiary/aromatic N) is 1. The third-order valence-corrected chi connectivity index (χ3v) is 3.84. The highest BCUT2D eigenvalue weighted by atomic mass is 31.2. The molecule has 8 heteroatoms. The Bertz CT molecular complexity index is 757. The van der Waals surface area contributed by atoms with E-state index in [2.05, 4.69) is 0 Å². The quantitative estimate of drug-likeness (QED) is 0.566. The zero-order valence-corrected chi connectivity index (χ0v) is 11.4. The molecule has 0 aliphatic rings. The largest absolute Gasteiger partial charge is 0.480 e. The molecule has 0 radical (unpaired) electrons.